The van der Waals surface area contributed by atoms with E-state index < -0.39 is 11.0 Å². The lowest BCUT2D eigenvalue weighted by molar-refractivity contribution is -0.918. The summed E-state index contributed by atoms with van der Waals surface area (Å²) >= 11 is 0. The number of quaternary nitrogens is 1. The van der Waals surface area contributed by atoms with Crippen molar-refractivity contribution in [1.82, 2.24) is 5.32 Å². The number of likely N-dealkylation sites (tertiary alicyclic amines) is 1. The number of nitrogens with one attached hydrogen (secondary N) is 1. The topological polar surface area (TPSA) is 69.6 Å². The van der Waals surface area contributed by atoms with Gasteiger partial charge < -0.3 is 20.0 Å². The van der Waals surface area contributed by atoms with Gasteiger partial charge in [-0.25, -0.2) is 0 Å². The highest BCUT2D eigenvalue weighted by molar-refractivity contribution is 5.76. The summed E-state index contributed by atoms with van der Waals surface area (Å²) in [7, 11) is 2.19. The summed E-state index contributed by atoms with van der Waals surface area (Å²) in [4.78, 5) is 12.8. The highest BCUT2D eigenvalue weighted by Crippen LogP contribution is 2.53. The van der Waals surface area contributed by atoms with Gasteiger partial charge in [0, 0.05) is 24.3 Å². The fourth-order valence-electron chi connectivity index (χ4n) is 6.76. The fourth-order valence-corrected chi connectivity index (χ4v) is 6.76. The molecule has 1 saturated heterocycles. The van der Waals surface area contributed by atoms with Gasteiger partial charge in [0.15, 0.2) is 0 Å². The van der Waals surface area contributed by atoms with Crippen molar-refractivity contribution in [2.45, 2.75) is 74.8 Å². The number of likely N-dealkylation sites (N-methyl/N-ethyl adjacent to an activating group) is 1. The van der Waals surface area contributed by atoms with Crippen molar-refractivity contribution < 1.29 is 19.5 Å². The number of rotatable bonds is 10. The van der Waals surface area contributed by atoms with E-state index in [9.17, 15) is 15.0 Å². The summed E-state index contributed by atoms with van der Waals surface area (Å²) in [6.45, 7) is 6.33. The second-order valence-corrected chi connectivity index (χ2v) is 11.4. The predicted molar refractivity (Wildman–Crippen MR) is 145 cm³/mol. The van der Waals surface area contributed by atoms with E-state index in [-0.39, 0.29) is 17.7 Å². The lowest BCUT2D eigenvalue weighted by Crippen LogP contribution is -2.71. The van der Waals surface area contributed by atoms with Gasteiger partial charge in [0.2, 0.25) is 5.91 Å². The van der Waals surface area contributed by atoms with Gasteiger partial charge in [0.05, 0.1) is 20.1 Å². The normalized spacial score (nSPS) is 29.8. The zero-order chi connectivity index (χ0) is 25.7. The van der Waals surface area contributed by atoms with E-state index >= 15 is 0 Å². The number of nitrogens with zero attached hydrogens (tertiary/aromatic N) is 1. The van der Waals surface area contributed by atoms with E-state index in [2.05, 4.69) is 43.2 Å². The maximum absolute atomic E-state index is 12.8. The number of amides is 1. The molecular weight excluding hydrogens is 448 g/mol. The van der Waals surface area contributed by atoms with Crippen LogP contribution in [0.5, 0.6) is 5.75 Å². The lowest BCUT2D eigenvalue weighted by atomic mass is 9.55. The number of unbranched alkanes of at least 4 members (excludes halogenated alkanes) is 2. The monoisotopic (exact) mass is 491 g/mol. The Morgan fingerprint density at radius 3 is 2.69 bits per heavy atom. The summed E-state index contributed by atoms with van der Waals surface area (Å²) in [5.41, 5.74) is 0.949. The molecule has 36 heavy (non-hydrogen) atoms. The first-order chi connectivity index (χ1) is 17.3. The molecule has 1 unspecified atom stereocenters. The second kappa shape index (κ2) is 11.2. The van der Waals surface area contributed by atoms with Crippen LogP contribution < -0.4 is 5.32 Å². The fraction of sp³-hybridized carbons (Fsp3) is 0.516. The molecule has 4 rings (SSSR count). The number of phenolic OH excluding ortho intramolecular Hbond substituents is 1. The van der Waals surface area contributed by atoms with Crippen LogP contribution >= 0.6 is 0 Å². The van der Waals surface area contributed by atoms with E-state index in [1.54, 1.807) is 6.07 Å². The van der Waals surface area contributed by atoms with Crippen molar-refractivity contribution in [1.29, 1.82) is 0 Å². The predicted octanol–water partition coefficient (Wildman–Crippen LogP) is 4.87. The van der Waals surface area contributed by atoms with Gasteiger partial charge in [0.25, 0.3) is 0 Å². The first-order valence-corrected chi connectivity index (χ1v) is 13.6. The Labute approximate surface area is 216 Å². The quantitative estimate of drug-likeness (QED) is 0.252. The van der Waals surface area contributed by atoms with Gasteiger partial charge in [-0.3, -0.25) is 4.79 Å². The van der Waals surface area contributed by atoms with E-state index in [4.69, 9.17) is 0 Å². The molecule has 4 atom stereocenters. The van der Waals surface area contributed by atoms with Crippen LogP contribution in [-0.4, -0.2) is 58.9 Å². The van der Waals surface area contributed by atoms with E-state index in [1.807, 2.05) is 30.3 Å². The number of fused-ring (bicyclic) bond motifs is 1. The Bertz CT molecular complexity index is 1040. The molecule has 5 nitrogen and oxygen atoms in total. The Balaban J connectivity index is 1.39. The number of carbonyl (C=O) groups is 1. The molecule has 1 heterocycles. The highest BCUT2D eigenvalue weighted by Gasteiger charge is 2.61. The summed E-state index contributed by atoms with van der Waals surface area (Å²) in [5.74, 6) is 0.332. The van der Waals surface area contributed by atoms with Gasteiger partial charge in [-0.15, -0.1) is 0 Å². The zero-order valence-electron chi connectivity index (χ0n) is 21.8. The van der Waals surface area contributed by atoms with E-state index in [0.29, 0.717) is 25.8 Å². The molecule has 1 aliphatic carbocycles. The van der Waals surface area contributed by atoms with Crippen LogP contribution in [0.2, 0.25) is 0 Å². The molecule has 1 saturated carbocycles. The molecule has 2 aromatic carbocycles. The average molecular weight is 492 g/mol. The molecule has 1 amide bonds. The molecular formula is C31H43N2O3+. The Kier molecular flexibility index (Phi) is 8.21. The van der Waals surface area contributed by atoms with E-state index in [0.717, 1.165) is 61.7 Å². The highest BCUT2D eigenvalue weighted by atomic mass is 16.3. The van der Waals surface area contributed by atoms with Crippen LogP contribution in [0.4, 0.5) is 0 Å². The van der Waals surface area contributed by atoms with Crippen molar-refractivity contribution in [3.05, 3.63) is 78.4 Å². The molecule has 1 aliphatic heterocycles. The molecule has 3 N–H and O–H groups in total. The number of aromatic hydroxyl groups is 1. The van der Waals surface area contributed by atoms with Crippen LogP contribution in [0.1, 0.15) is 62.5 Å². The minimum atomic E-state index is -0.893. The maximum Gasteiger partial charge on any atom is 0.220 e. The Morgan fingerprint density at radius 2 is 1.94 bits per heavy atom. The molecule has 2 aliphatic rings. The summed E-state index contributed by atoms with van der Waals surface area (Å²) < 4.78 is 0.764. The van der Waals surface area contributed by atoms with Crippen LogP contribution in [0.3, 0.4) is 0 Å². The number of phenols is 1. The number of aryl methyl sites for hydroxylation is 1. The molecule has 2 aromatic rings. The number of carbonyl (C=O) groups excluding carboxylic acids is 1. The number of piperidine rings is 1. The summed E-state index contributed by atoms with van der Waals surface area (Å²) in [6, 6.07) is 17.9. The molecule has 0 radical (unpaired) electrons. The molecule has 0 aromatic heterocycles. The first kappa shape index (κ1) is 26.4. The SMILES string of the molecule is C=CC[N@@+]1(C)CC[C@@]2(c3cccc(O)c3)C[C@@H](NC(=O)CCCCCc3ccccc3)CCC2(O)C1. The van der Waals surface area contributed by atoms with Crippen LogP contribution in [0.25, 0.3) is 0 Å². The Hall–Kier alpha value is -2.63. The van der Waals surface area contributed by atoms with Crippen LogP contribution in [0, 0.1) is 0 Å². The van der Waals surface area contributed by atoms with Gasteiger partial charge in [-0.05, 0) is 67.9 Å². The standard InChI is InChI=1S/C31H42N2O3/c1-3-20-33(2)21-19-30(26-14-10-15-28(34)22-26)23-27(17-18-31(30,36)24-33)32-29(35)16-9-5-8-13-25-11-6-4-7-12-25/h3-4,6-7,10-12,14-15,22,27,36H,1,5,8-9,13,16-21,23-24H2,2H3,(H-,32,34,35)/p+1/t27-,30-,31?,33-/m0/s1. The van der Waals surface area contributed by atoms with Crippen molar-refractivity contribution in [2.24, 2.45) is 0 Å². The van der Waals surface area contributed by atoms with Gasteiger partial charge in [0.1, 0.15) is 17.9 Å². The number of aliphatic hydroxyl groups is 1. The zero-order valence-corrected chi connectivity index (χ0v) is 21.8. The van der Waals surface area contributed by atoms with Crippen molar-refractivity contribution in [3.8, 4) is 5.75 Å². The van der Waals surface area contributed by atoms with E-state index in [1.165, 1.54) is 5.56 Å². The van der Waals surface area contributed by atoms with Crippen LogP contribution in [-0.2, 0) is 16.6 Å². The first-order valence-electron chi connectivity index (χ1n) is 13.6. The number of hydrogen-bond donors (Lipinski definition) is 3. The largest absolute Gasteiger partial charge is 0.508 e. The number of benzene rings is 2. The van der Waals surface area contributed by atoms with Crippen molar-refractivity contribution in [3.63, 3.8) is 0 Å². The third-order valence-electron chi connectivity index (χ3n) is 8.66. The van der Waals surface area contributed by atoms with Crippen molar-refractivity contribution >= 4 is 5.91 Å². The second-order valence-electron chi connectivity index (χ2n) is 11.4. The molecule has 5 heteroatoms. The molecule has 194 valence electrons. The van der Waals surface area contributed by atoms with Gasteiger partial charge in [-0.1, -0.05) is 55.5 Å². The summed E-state index contributed by atoms with van der Waals surface area (Å²) in [6.07, 6.45) is 9.48. The van der Waals surface area contributed by atoms with Crippen LogP contribution in [0.15, 0.2) is 67.3 Å². The minimum absolute atomic E-state index is 0.0284. The molecule has 0 bridgehead atoms. The summed E-state index contributed by atoms with van der Waals surface area (Å²) in [5, 5.41) is 25.7. The maximum atomic E-state index is 12.8. The average Bonchev–Trinajstić information content (AvgIpc) is 2.85. The van der Waals surface area contributed by atoms with Crippen molar-refractivity contribution in [2.75, 3.05) is 26.7 Å². The third-order valence-corrected chi connectivity index (χ3v) is 8.66. The molecule has 0 spiro atoms. The Morgan fingerprint density at radius 1 is 1.14 bits per heavy atom. The van der Waals surface area contributed by atoms with Gasteiger partial charge >= 0.3 is 0 Å². The lowest BCUT2D eigenvalue weighted by Gasteiger charge is -2.59. The molecule has 2 fully saturated rings. The third kappa shape index (κ3) is 5.84. The minimum Gasteiger partial charge on any atom is -0.508 e. The van der Waals surface area contributed by atoms with Gasteiger partial charge in [-0.2, -0.15) is 0 Å². The smallest absolute Gasteiger partial charge is 0.220 e. The number of hydrogen-bond acceptors (Lipinski definition) is 3.